The van der Waals surface area contributed by atoms with Crippen LogP contribution < -0.4 is 21.3 Å². The van der Waals surface area contributed by atoms with E-state index in [0.717, 1.165) is 0 Å². The van der Waals surface area contributed by atoms with E-state index in [1.54, 1.807) is 48.5 Å². The van der Waals surface area contributed by atoms with Crippen molar-refractivity contribution in [1.82, 2.24) is 15.0 Å². The molecule has 0 saturated carbocycles. The summed E-state index contributed by atoms with van der Waals surface area (Å²) in [7, 11) is 0. The highest BCUT2D eigenvalue weighted by Crippen LogP contribution is 2.10. The van der Waals surface area contributed by atoms with Gasteiger partial charge in [0.05, 0.1) is 0 Å². The van der Waals surface area contributed by atoms with Crippen molar-refractivity contribution in [3.63, 3.8) is 0 Å². The van der Waals surface area contributed by atoms with E-state index in [-0.39, 0.29) is 11.9 Å². The van der Waals surface area contributed by atoms with Crippen LogP contribution in [0.2, 0.25) is 0 Å². The first-order chi connectivity index (χ1) is 13.6. The minimum Gasteiger partial charge on any atom is -0.308 e. The fourth-order valence-corrected chi connectivity index (χ4v) is 2.26. The average Bonchev–Trinajstić information content (AvgIpc) is 2.69. The number of benzene rings is 2. The Morgan fingerprint density at radius 2 is 1.11 bits per heavy atom. The van der Waals surface area contributed by atoms with Crippen LogP contribution in [0.1, 0.15) is 12.7 Å². The van der Waals surface area contributed by atoms with Crippen molar-refractivity contribution in [1.29, 1.82) is 0 Å². The van der Waals surface area contributed by atoms with Crippen LogP contribution in [0.4, 0.5) is 32.9 Å². The molecule has 0 saturated heterocycles. The van der Waals surface area contributed by atoms with E-state index in [9.17, 15) is 9.59 Å². The first-order valence-corrected chi connectivity index (χ1v) is 8.63. The molecule has 0 aliphatic carbocycles. The predicted molar refractivity (Wildman–Crippen MR) is 107 cm³/mol. The van der Waals surface area contributed by atoms with E-state index in [1.165, 1.54) is 0 Å². The smallest absolute Gasteiger partial charge is 0.308 e. The van der Waals surface area contributed by atoms with Crippen molar-refractivity contribution < 1.29 is 9.59 Å². The molecule has 3 aromatic rings. The van der Waals surface area contributed by atoms with E-state index in [4.69, 9.17) is 0 Å². The first-order valence-electron chi connectivity index (χ1n) is 8.63. The minimum absolute atomic E-state index is 0.0373. The topological polar surface area (TPSA) is 121 Å². The molecular formula is C19H19N7O2. The second-order valence-corrected chi connectivity index (χ2v) is 5.64. The van der Waals surface area contributed by atoms with Gasteiger partial charge in [-0.2, -0.15) is 15.0 Å². The van der Waals surface area contributed by atoms with Crippen molar-refractivity contribution in [2.24, 2.45) is 0 Å². The largest absolute Gasteiger partial charge is 0.326 e. The van der Waals surface area contributed by atoms with Gasteiger partial charge >= 0.3 is 12.1 Å². The Morgan fingerprint density at radius 1 is 0.679 bits per heavy atom. The van der Waals surface area contributed by atoms with Crippen LogP contribution >= 0.6 is 0 Å². The van der Waals surface area contributed by atoms with Gasteiger partial charge in [0.1, 0.15) is 5.82 Å². The molecule has 4 amide bonds. The Bertz CT molecular complexity index is 875. The molecule has 1 heterocycles. The number of anilines is 4. The molecule has 0 unspecified atom stereocenters. The SMILES string of the molecule is CCc1nc(NC(=O)Nc2ccccc2)nc(NC(=O)Nc2ccccc2)n1. The number of urea groups is 2. The maximum absolute atomic E-state index is 12.1. The van der Waals surface area contributed by atoms with Crippen LogP contribution in [0.3, 0.4) is 0 Å². The monoisotopic (exact) mass is 377 g/mol. The lowest BCUT2D eigenvalue weighted by Crippen LogP contribution is -2.24. The molecule has 1 aromatic heterocycles. The Hall–Kier alpha value is -4.01. The molecule has 0 aliphatic heterocycles. The highest BCUT2D eigenvalue weighted by atomic mass is 16.2. The van der Waals surface area contributed by atoms with Crippen LogP contribution in [0.25, 0.3) is 0 Å². The van der Waals surface area contributed by atoms with Crippen LogP contribution in [-0.4, -0.2) is 27.0 Å². The number of aromatic nitrogens is 3. The van der Waals surface area contributed by atoms with Gasteiger partial charge in [-0.25, -0.2) is 9.59 Å². The highest BCUT2D eigenvalue weighted by molar-refractivity contribution is 6.00. The van der Waals surface area contributed by atoms with E-state index in [2.05, 4.69) is 36.2 Å². The molecule has 142 valence electrons. The van der Waals surface area contributed by atoms with Crippen molar-refractivity contribution in [3.8, 4) is 0 Å². The summed E-state index contributed by atoms with van der Waals surface area (Å²) in [6, 6.07) is 16.9. The summed E-state index contributed by atoms with van der Waals surface area (Å²) in [6.45, 7) is 1.86. The molecular weight excluding hydrogens is 358 g/mol. The number of nitrogens with zero attached hydrogens (tertiary/aromatic N) is 3. The van der Waals surface area contributed by atoms with Crippen LogP contribution in [0.5, 0.6) is 0 Å². The molecule has 0 atom stereocenters. The zero-order valence-corrected chi connectivity index (χ0v) is 15.1. The predicted octanol–water partition coefficient (Wildman–Crippen LogP) is 3.72. The zero-order chi connectivity index (χ0) is 19.8. The van der Waals surface area contributed by atoms with E-state index < -0.39 is 12.1 Å². The lowest BCUT2D eigenvalue weighted by molar-refractivity contribution is 0.261. The van der Waals surface area contributed by atoms with Crippen LogP contribution in [-0.2, 0) is 6.42 Å². The van der Waals surface area contributed by atoms with Gasteiger partial charge in [0.25, 0.3) is 0 Å². The number of hydrogen-bond acceptors (Lipinski definition) is 5. The number of carbonyl (C=O) groups is 2. The molecule has 0 aliphatic rings. The second kappa shape index (κ2) is 9.08. The number of amides is 4. The Balaban J connectivity index is 1.67. The lowest BCUT2D eigenvalue weighted by atomic mass is 10.3. The summed E-state index contributed by atoms with van der Waals surface area (Å²) in [5.41, 5.74) is 1.26. The number of aryl methyl sites for hydroxylation is 1. The Labute approximate surface area is 161 Å². The van der Waals surface area contributed by atoms with Crippen LogP contribution in [0, 0.1) is 0 Å². The van der Waals surface area contributed by atoms with Gasteiger partial charge in [-0.05, 0) is 24.3 Å². The molecule has 4 N–H and O–H groups in total. The Morgan fingerprint density at radius 3 is 1.50 bits per heavy atom. The van der Waals surface area contributed by atoms with Gasteiger partial charge in [0, 0.05) is 17.8 Å². The van der Waals surface area contributed by atoms with E-state index in [1.807, 2.05) is 19.1 Å². The molecule has 9 nitrogen and oxygen atoms in total. The number of rotatable bonds is 5. The molecule has 0 spiro atoms. The number of hydrogen-bond donors (Lipinski definition) is 4. The molecule has 2 aromatic carbocycles. The summed E-state index contributed by atoms with van der Waals surface area (Å²) >= 11 is 0. The van der Waals surface area contributed by atoms with Gasteiger partial charge in [0.15, 0.2) is 0 Å². The third-order valence-corrected chi connectivity index (χ3v) is 3.51. The molecule has 0 fully saturated rings. The number of carbonyl (C=O) groups excluding carboxylic acids is 2. The quantitative estimate of drug-likeness (QED) is 0.540. The standard InChI is InChI=1S/C19H19N7O2/c1-2-15-22-16(25-18(27)20-13-9-5-3-6-10-13)24-17(23-15)26-19(28)21-14-11-7-4-8-12-14/h3-12H,2H2,1H3,(H4,20,21,22,23,24,25,26,27,28). The number of para-hydroxylation sites is 2. The summed E-state index contributed by atoms with van der Waals surface area (Å²) in [4.78, 5) is 36.7. The highest BCUT2D eigenvalue weighted by Gasteiger charge is 2.11. The molecule has 9 heteroatoms. The summed E-state index contributed by atoms with van der Waals surface area (Å²) in [5.74, 6) is 0.505. The van der Waals surface area contributed by atoms with Gasteiger partial charge in [-0.3, -0.25) is 10.6 Å². The fourth-order valence-electron chi connectivity index (χ4n) is 2.26. The van der Waals surface area contributed by atoms with Gasteiger partial charge in [-0.1, -0.05) is 43.3 Å². The summed E-state index contributed by atoms with van der Waals surface area (Å²) < 4.78 is 0. The third-order valence-electron chi connectivity index (χ3n) is 3.51. The van der Waals surface area contributed by atoms with Gasteiger partial charge in [0.2, 0.25) is 11.9 Å². The van der Waals surface area contributed by atoms with Crippen LogP contribution in [0.15, 0.2) is 60.7 Å². The van der Waals surface area contributed by atoms with Gasteiger partial charge < -0.3 is 10.6 Å². The van der Waals surface area contributed by atoms with Crippen molar-refractivity contribution in [3.05, 3.63) is 66.5 Å². The molecule has 28 heavy (non-hydrogen) atoms. The lowest BCUT2D eigenvalue weighted by Gasteiger charge is -2.10. The van der Waals surface area contributed by atoms with Crippen molar-refractivity contribution in [2.45, 2.75) is 13.3 Å². The first kappa shape index (κ1) is 18.8. The Kier molecular flexibility index (Phi) is 6.09. The second-order valence-electron chi connectivity index (χ2n) is 5.64. The summed E-state index contributed by atoms with van der Waals surface area (Å²) in [5, 5.41) is 10.4. The molecule has 0 bridgehead atoms. The normalized spacial score (nSPS) is 10.0. The number of nitrogens with one attached hydrogen (secondary N) is 4. The zero-order valence-electron chi connectivity index (χ0n) is 15.1. The summed E-state index contributed by atoms with van der Waals surface area (Å²) in [6.07, 6.45) is 0.506. The molecule has 0 radical (unpaired) electrons. The molecule has 3 rings (SSSR count). The van der Waals surface area contributed by atoms with E-state index in [0.29, 0.717) is 23.6 Å². The fraction of sp³-hybridized carbons (Fsp3) is 0.105. The maximum Gasteiger partial charge on any atom is 0.326 e. The van der Waals surface area contributed by atoms with Crippen molar-refractivity contribution in [2.75, 3.05) is 21.3 Å². The van der Waals surface area contributed by atoms with Crippen molar-refractivity contribution >= 4 is 35.3 Å². The maximum atomic E-state index is 12.1. The van der Waals surface area contributed by atoms with E-state index >= 15 is 0 Å². The third kappa shape index (κ3) is 5.49. The average molecular weight is 377 g/mol. The van der Waals surface area contributed by atoms with Gasteiger partial charge in [-0.15, -0.1) is 0 Å². The minimum atomic E-state index is -0.501.